The average molecular weight is 561 g/mol. The van der Waals surface area contributed by atoms with E-state index < -0.39 is 0 Å². The molecule has 5 aromatic rings. The van der Waals surface area contributed by atoms with E-state index >= 15 is 0 Å². The maximum absolute atomic E-state index is 4.63. The fourth-order valence-electron chi connectivity index (χ4n) is 4.72. The zero-order valence-electron chi connectivity index (χ0n) is 26.9. The Morgan fingerprint density at radius 2 is 1.10 bits per heavy atom. The normalized spacial score (nSPS) is 11.8. The lowest BCUT2D eigenvalue weighted by Gasteiger charge is -2.13. The molecule has 0 amide bonds. The molecule has 10 heteroatoms. The largest absolute Gasteiger partial charge is 0.310 e. The molecule has 0 unspecified atom stereocenters. The van der Waals surface area contributed by atoms with Crippen molar-refractivity contribution in [1.29, 1.82) is 0 Å². The molecule has 10 nitrogen and oxygen atoms in total. The van der Waals surface area contributed by atoms with Crippen LogP contribution >= 0.6 is 0 Å². The molecule has 0 aliphatic heterocycles. The van der Waals surface area contributed by atoms with Crippen LogP contribution < -0.4 is 0 Å². The Balaban J connectivity index is 0.000000172. The Labute approximate surface area is 244 Å². The topological polar surface area (TPSA) is 105 Å². The van der Waals surface area contributed by atoms with E-state index in [4.69, 9.17) is 0 Å². The van der Waals surface area contributed by atoms with Gasteiger partial charge >= 0.3 is 0 Å². The van der Waals surface area contributed by atoms with E-state index in [-0.39, 0.29) is 0 Å². The van der Waals surface area contributed by atoms with Crippen LogP contribution in [0.25, 0.3) is 22.3 Å². The first kappa shape index (κ1) is 31.8. The summed E-state index contributed by atoms with van der Waals surface area (Å²) in [5, 5.41) is 4.14. The van der Waals surface area contributed by atoms with Gasteiger partial charge < -0.3 is 9.13 Å². The van der Waals surface area contributed by atoms with Gasteiger partial charge in [-0.2, -0.15) is 5.10 Å². The highest BCUT2D eigenvalue weighted by Gasteiger charge is 2.17. The summed E-state index contributed by atoms with van der Waals surface area (Å²) >= 11 is 0. The number of nitrogens with zero attached hydrogens (tertiary/aromatic N) is 10. The third kappa shape index (κ3) is 7.34. The molecule has 222 valence electrons. The van der Waals surface area contributed by atoms with Crippen molar-refractivity contribution < 1.29 is 0 Å². The second-order valence-electron chi connectivity index (χ2n) is 12.1. The lowest BCUT2D eigenvalue weighted by atomic mass is 10.2. The van der Waals surface area contributed by atoms with Crippen molar-refractivity contribution >= 4 is 22.3 Å². The Hall–Kier alpha value is -3.69. The number of rotatable bonds is 6. The van der Waals surface area contributed by atoms with Crippen molar-refractivity contribution in [1.82, 2.24) is 48.8 Å². The van der Waals surface area contributed by atoms with Gasteiger partial charge in [-0.05, 0) is 53.7 Å². The highest BCUT2D eigenvalue weighted by Crippen LogP contribution is 2.25. The molecule has 0 N–H and O–H groups in total. The molecule has 0 atom stereocenters. The Morgan fingerprint density at radius 1 is 0.561 bits per heavy atom. The fraction of sp³-hybridized carbons (Fsp3) is 0.581. The summed E-state index contributed by atoms with van der Waals surface area (Å²) in [5.41, 5.74) is 3.81. The first-order chi connectivity index (χ1) is 19.3. The van der Waals surface area contributed by atoms with Gasteiger partial charge in [-0.15, -0.1) is 0 Å². The number of pyridine rings is 1. The maximum atomic E-state index is 4.63. The first-order valence-corrected chi connectivity index (χ1v) is 14.7. The molecule has 0 aliphatic carbocycles. The molecule has 5 heterocycles. The van der Waals surface area contributed by atoms with Gasteiger partial charge in [0.05, 0.1) is 6.20 Å². The van der Waals surface area contributed by atoms with Gasteiger partial charge in [0.2, 0.25) is 0 Å². The summed E-state index contributed by atoms with van der Waals surface area (Å²) in [7, 11) is 0. The number of imidazole rings is 2. The molecular weight excluding hydrogens is 512 g/mol. The van der Waals surface area contributed by atoms with E-state index in [1.54, 1.807) is 18.9 Å². The Kier molecular flexibility index (Phi) is 10.7. The summed E-state index contributed by atoms with van der Waals surface area (Å²) in [4.78, 5) is 26.1. The predicted molar refractivity (Wildman–Crippen MR) is 166 cm³/mol. The predicted octanol–water partition coefficient (Wildman–Crippen LogP) is 7.65. The van der Waals surface area contributed by atoms with Gasteiger partial charge in [0, 0.05) is 42.1 Å². The van der Waals surface area contributed by atoms with Gasteiger partial charge in [0.1, 0.15) is 41.2 Å². The van der Waals surface area contributed by atoms with Gasteiger partial charge in [-0.3, -0.25) is 0 Å². The molecular formula is C31H48N10. The Morgan fingerprint density at radius 3 is 1.59 bits per heavy atom. The van der Waals surface area contributed by atoms with E-state index in [0.29, 0.717) is 35.9 Å². The van der Waals surface area contributed by atoms with E-state index in [9.17, 15) is 0 Å². The van der Waals surface area contributed by atoms with Gasteiger partial charge in [-0.25, -0.2) is 34.6 Å². The van der Waals surface area contributed by atoms with Crippen LogP contribution in [-0.4, -0.2) is 48.8 Å². The molecule has 41 heavy (non-hydrogen) atoms. The zero-order chi connectivity index (χ0) is 30.4. The Bertz CT molecular complexity index is 1410. The summed E-state index contributed by atoms with van der Waals surface area (Å²) < 4.78 is 6.37. The monoisotopic (exact) mass is 560 g/mol. The van der Waals surface area contributed by atoms with Gasteiger partial charge in [0.15, 0.2) is 11.3 Å². The molecule has 0 radical (unpaired) electrons. The molecule has 0 aliphatic rings. The third-order valence-electron chi connectivity index (χ3n) is 6.53. The van der Waals surface area contributed by atoms with Crippen molar-refractivity contribution in [2.24, 2.45) is 0 Å². The van der Waals surface area contributed by atoms with Crippen LogP contribution in [0.15, 0.2) is 37.2 Å². The maximum Gasteiger partial charge on any atom is 0.163 e. The minimum absolute atomic E-state index is 0.377. The minimum Gasteiger partial charge on any atom is -0.310 e. The first-order valence-electron chi connectivity index (χ1n) is 14.7. The van der Waals surface area contributed by atoms with Crippen LogP contribution in [0.3, 0.4) is 0 Å². The molecule has 5 aromatic heterocycles. The summed E-state index contributed by atoms with van der Waals surface area (Å²) in [6, 6.07) is 5.15. The SMILES string of the molecule is CC(C)c1nc2cccnc2n1C(C)C.CC(C)c1nc2cncnc2n1C(C)C.CC(C)c1ncnn1C(C)C. The van der Waals surface area contributed by atoms with Crippen molar-refractivity contribution in [3.8, 4) is 0 Å². The molecule has 0 spiro atoms. The average Bonchev–Trinajstić information content (AvgIpc) is 3.64. The summed E-state index contributed by atoms with van der Waals surface area (Å²) in [5.74, 6) is 4.57. The molecule has 0 fully saturated rings. The standard InChI is InChI=1S/C12H17N3.C11H16N4.C8H15N3/c1-8(2)11-14-10-6-5-7-13-12(10)15(11)9(3)4;1-7(2)10-14-9-5-12-6-13-11(9)15(10)8(3)4;1-6(2)8-9-5-10-11(8)7(3)4/h5-9H,1-4H3;5-8H,1-4H3;5-7H,1-4H3. The minimum atomic E-state index is 0.377. The molecule has 0 aromatic carbocycles. The lowest BCUT2D eigenvalue weighted by molar-refractivity contribution is 0.492. The van der Waals surface area contributed by atoms with Crippen LogP contribution in [-0.2, 0) is 0 Å². The van der Waals surface area contributed by atoms with Crippen molar-refractivity contribution in [2.45, 2.75) is 119 Å². The number of hydrogen-bond acceptors (Lipinski definition) is 7. The van der Waals surface area contributed by atoms with E-state index in [1.165, 1.54) is 0 Å². The zero-order valence-corrected chi connectivity index (χ0v) is 26.9. The number of hydrogen-bond donors (Lipinski definition) is 0. The van der Waals surface area contributed by atoms with E-state index in [0.717, 1.165) is 39.8 Å². The number of aromatic nitrogens is 10. The van der Waals surface area contributed by atoms with Gasteiger partial charge in [-0.1, -0.05) is 41.5 Å². The van der Waals surface area contributed by atoms with Crippen LogP contribution in [0, 0.1) is 0 Å². The quantitative estimate of drug-likeness (QED) is 0.210. The van der Waals surface area contributed by atoms with E-state index in [1.807, 2.05) is 23.0 Å². The van der Waals surface area contributed by atoms with E-state index in [2.05, 4.69) is 127 Å². The highest BCUT2D eigenvalue weighted by molar-refractivity contribution is 5.71. The smallest absolute Gasteiger partial charge is 0.163 e. The summed E-state index contributed by atoms with van der Waals surface area (Å²) in [6.07, 6.45) is 6.79. The summed E-state index contributed by atoms with van der Waals surface area (Å²) in [6.45, 7) is 25.7. The number of fused-ring (bicyclic) bond motifs is 2. The third-order valence-corrected chi connectivity index (χ3v) is 6.53. The highest BCUT2D eigenvalue weighted by atomic mass is 15.3. The molecule has 5 rings (SSSR count). The van der Waals surface area contributed by atoms with Crippen LogP contribution in [0.5, 0.6) is 0 Å². The van der Waals surface area contributed by atoms with Crippen molar-refractivity contribution in [2.75, 3.05) is 0 Å². The van der Waals surface area contributed by atoms with Crippen LogP contribution in [0.2, 0.25) is 0 Å². The van der Waals surface area contributed by atoms with Gasteiger partial charge in [0.25, 0.3) is 0 Å². The molecule has 0 saturated carbocycles. The van der Waals surface area contributed by atoms with Crippen LogP contribution in [0.1, 0.15) is 136 Å². The van der Waals surface area contributed by atoms with Crippen molar-refractivity contribution in [3.05, 3.63) is 54.7 Å². The van der Waals surface area contributed by atoms with Crippen molar-refractivity contribution in [3.63, 3.8) is 0 Å². The fourth-order valence-corrected chi connectivity index (χ4v) is 4.72. The molecule has 0 saturated heterocycles. The lowest BCUT2D eigenvalue weighted by Crippen LogP contribution is -2.09. The second kappa shape index (κ2) is 13.8. The second-order valence-corrected chi connectivity index (χ2v) is 12.1. The van der Waals surface area contributed by atoms with Crippen LogP contribution in [0.4, 0.5) is 0 Å². The molecule has 0 bridgehead atoms.